The maximum atomic E-state index is 12.7. The van der Waals surface area contributed by atoms with Crippen LogP contribution in [0.2, 0.25) is 5.02 Å². The number of rotatable bonds is 3. The number of amidine groups is 1. The van der Waals surface area contributed by atoms with Crippen molar-refractivity contribution in [3.63, 3.8) is 0 Å². The number of hydrogen-bond acceptors (Lipinski definition) is 4. The van der Waals surface area contributed by atoms with Gasteiger partial charge in [-0.1, -0.05) is 22.8 Å². The second-order valence-corrected chi connectivity index (χ2v) is 5.53. The molecule has 1 aliphatic rings. The van der Waals surface area contributed by atoms with E-state index >= 15 is 0 Å². The maximum Gasteiger partial charge on any atom is 0.238 e. The summed E-state index contributed by atoms with van der Waals surface area (Å²) in [6, 6.07) is 5.24. The molecular formula is C14H18ClN3O3. The highest BCUT2D eigenvalue weighted by Gasteiger charge is 2.44. The van der Waals surface area contributed by atoms with E-state index in [4.69, 9.17) is 27.3 Å². The predicted molar refractivity (Wildman–Crippen MR) is 80.7 cm³/mol. The molecule has 1 fully saturated rings. The Morgan fingerprint density at radius 1 is 1.48 bits per heavy atom. The van der Waals surface area contributed by atoms with Crippen LogP contribution in [-0.2, 0) is 9.53 Å². The standard InChI is InChI=1S/C14H18ClN3O3/c1-9-2-3-10(15)8-11(9)17-13(19)14(12(16)18-20)4-6-21-7-5-14/h2-3,8,20H,4-7H2,1H3,(H2,16,18)(H,17,19). The molecule has 0 aliphatic carbocycles. The van der Waals surface area contributed by atoms with E-state index in [1.54, 1.807) is 12.1 Å². The molecule has 0 spiro atoms. The zero-order valence-electron chi connectivity index (χ0n) is 11.7. The molecule has 21 heavy (non-hydrogen) atoms. The minimum absolute atomic E-state index is 0.0945. The number of amides is 1. The highest BCUT2D eigenvalue weighted by atomic mass is 35.5. The number of nitrogens with zero attached hydrogens (tertiary/aromatic N) is 1. The van der Waals surface area contributed by atoms with Gasteiger partial charge in [-0.2, -0.15) is 0 Å². The second kappa shape index (κ2) is 6.32. The fourth-order valence-electron chi connectivity index (χ4n) is 2.39. The van der Waals surface area contributed by atoms with E-state index in [2.05, 4.69) is 10.5 Å². The molecule has 2 rings (SSSR count). The molecule has 0 unspecified atom stereocenters. The van der Waals surface area contributed by atoms with Gasteiger partial charge >= 0.3 is 0 Å². The molecule has 1 saturated heterocycles. The van der Waals surface area contributed by atoms with Crippen LogP contribution in [0.25, 0.3) is 0 Å². The molecule has 7 heteroatoms. The minimum atomic E-state index is -1.05. The van der Waals surface area contributed by atoms with Crippen LogP contribution in [-0.4, -0.2) is 30.2 Å². The molecular weight excluding hydrogens is 294 g/mol. The first kappa shape index (κ1) is 15.6. The molecule has 1 amide bonds. The van der Waals surface area contributed by atoms with Gasteiger partial charge in [-0.05, 0) is 37.5 Å². The number of hydrogen-bond donors (Lipinski definition) is 3. The molecule has 114 valence electrons. The Labute approximate surface area is 127 Å². The summed E-state index contributed by atoms with van der Waals surface area (Å²) in [5.74, 6) is -0.408. The Morgan fingerprint density at radius 2 is 2.14 bits per heavy atom. The molecule has 1 aliphatic heterocycles. The van der Waals surface area contributed by atoms with E-state index in [0.29, 0.717) is 36.8 Å². The van der Waals surface area contributed by atoms with Crippen molar-refractivity contribution in [3.8, 4) is 0 Å². The van der Waals surface area contributed by atoms with Crippen molar-refractivity contribution in [2.75, 3.05) is 18.5 Å². The quantitative estimate of drug-likeness (QED) is 0.345. The fraction of sp³-hybridized carbons (Fsp3) is 0.429. The van der Waals surface area contributed by atoms with Crippen molar-refractivity contribution in [1.82, 2.24) is 0 Å². The van der Waals surface area contributed by atoms with Gasteiger partial charge < -0.3 is 21.0 Å². The molecule has 4 N–H and O–H groups in total. The van der Waals surface area contributed by atoms with E-state index in [1.807, 2.05) is 13.0 Å². The number of carbonyl (C=O) groups excluding carboxylic acids is 1. The van der Waals surface area contributed by atoms with Crippen molar-refractivity contribution in [2.45, 2.75) is 19.8 Å². The van der Waals surface area contributed by atoms with Crippen LogP contribution < -0.4 is 11.1 Å². The van der Waals surface area contributed by atoms with Gasteiger partial charge in [-0.3, -0.25) is 4.79 Å². The lowest BCUT2D eigenvalue weighted by atomic mass is 9.78. The summed E-state index contributed by atoms with van der Waals surface area (Å²) in [6.07, 6.45) is 0.739. The Morgan fingerprint density at radius 3 is 2.76 bits per heavy atom. The van der Waals surface area contributed by atoms with Gasteiger partial charge in [-0.15, -0.1) is 0 Å². The van der Waals surface area contributed by atoms with Gasteiger partial charge in [0.1, 0.15) is 5.41 Å². The molecule has 0 atom stereocenters. The highest BCUT2D eigenvalue weighted by Crippen LogP contribution is 2.33. The summed E-state index contributed by atoms with van der Waals surface area (Å²) in [5.41, 5.74) is 6.21. The lowest BCUT2D eigenvalue weighted by molar-refractivity contribution is -0.126. The third-order valence-electron chi connectivity index (χ3n) is 3.83. The number of halogens is 1. The summed E-state index contributed by atoms with van der Waals surface area (Å²) < 4.78 is 5.27. The normalized spacial score (nSPS) is 18.3. The Balaban J connectivity index is 2.29. The zero-order valence-corrected chi connectivity index (χ0v) is 12.5. The molecule has 0 aromatic heterocycles. The number of carbonyl (C=O) groups is 1. The highest BCUT2D eigenvalue weighted by molar-refractivity contribution is 6.31. The van der Waals surface area contributed by atoms with Crippen LogP contribution in [0.15, 0.2) is 23.4 Å². The molecule has 6 nitrogen and oxygen atoms in total. The van der Waals surface area contributed by atoms with Crippen LogP contribution in [0.5, 0.6) is 0 Å². The van der Waals surface area contributed by atoms with Gasteiger partial charge in [0.2, 0.25) is 5.91 Å². The van der Waals surface area contributed by atoms with Crippen LogP contribution in [0.1, 0.15) is 18.4 Å². The summed E-state index contributed by atoms with van der Waals surface area (Å²) >= 11 is 5.95. The lowest BCUT2D eigenvalue weighted by Crippen LogP contribution is -2.50. The van der Waals surface area contributed by atoms with Crippen molar-refractivity contribution >= 4 is 29.0 Å². The average Bonchev–Trinajstić information content (AvgIpc) is 2.50. The third-order valence-corrected chi connectivity index (χ3v) is 4.06. The van der Waals surface area contributed by atoms with Crippen LogP contribution in [0.4, 0.5) is 5.69 Å². The summed E-state index contributed by atoms with van der Waals surface area (Å²) in [4.78, 5) is 12.7. The van der Waals surface area contributed by atoms with Crippen molar-refractivity contribution in [1.29, 1.82) is 0 Å². The largest absolute Gasteiger partial charge is 0.409 e. The van der Waals surface area contributed by atoms with Gasteiger partial charge in [0.15, 0.2) is 5.84 Å². The van der Waals surface area contributed by atoms with Gasteiger partial charge in [0.05, 0.1) is 0 Å². The predicted octanol–water partition coefficient (Wildman–Crippen LogP) is 2.13. The van der Waals surface area contributed by atoms with E-state index in [0.717, 1.165) is 5.56 Å². The van der Waals surface area contributed by atoms with E-state index in [1.165, 1.54) is 0 Å². The Bertz CT molecular complexity index is 569. The summed E-state index contributed by atoms with van der Waals surface area (Å²) in [5, 5.41) is 15.4. The number of nitrogens with two attached hydrogens (primary N) is 1. The first-order valence-electron chi connectivity index (χ1n) is 6.63. The van der Waals surface area contributed by atoms with Crippen LogP contribution in [0, 0.1) is 12.3 Å². The molecule has 1 heterocycles. The van der Waals surface area contributed by atoms with Gasteiger partial charge in [-0.25, -0.2) is 0 Å². The van der Waals surface area contributed by atoms with Crippen molar-refractivity contribution < 1.29 is 14.7 Å². The molecule has 0 saturated carbocycles. The van der Waals surface area contributed by atoms with E-state index < -0.39 is 5.41 Å². The number of benzene rings is 1. The number of aryl methyl sites for hydroxylation is 1. The van der Waals surface area contributed by atoms with Gasteiger partial charge in [0, 0.05) is 23.9 Å². The van der Waals surface area contributed by atoms with Crippen molar-refractivity contribution in [3.05, 3.63) is 28.8 Å². The second-order valence-electron chi connectivity index (χ2n) is 5.09. The van der Waals surface area contributed by atoms with E-state index in [9.17, 15) is 4.79 Å². The van der Waals surface area contributed by atoms with Crippen LogP contribution >= 0.6 is 11.6 Å². The molecule has 0 bridgehead atoms. The van der Waals surface area contributed by atoms with E-state index in [-0.39, 0.29) is 11.7 Å². The summed E-state index contributed by atoms with van der Waals surface area (Å²) in [6.45, 7) is 2.64. The Hall–Kier alpha value is -1.79. The third kappa shape index (κ3) is 3.11. The number of oxime groups is 1. The van der Waals surface area contributed by atoms with Crippen LogP contribution in [0.3, 0.4) is 0 Å². The fourth-order valence-corrected chi connectivity index (χ4v) is 2.56. The first-order valence-corrected chi connectivity index (χ1v) is 7.01. The molecule has 0 radical (unpaired) electrons. The number of anilines is 1. The average molecular weight is 312 g/mol. The van der Waals surface area contributed by atoms with Crippen molar-refractivity contribution in [2.24, 2.45) is 16.3 Å². The monoisotopic (exact) mass is 311 g/mol. The molecule has 1 aromatic rings. The topological polar surface area (TPSA) is 96.9 Å². The lowest BCUT2D eigenvalue weighted by Gasteiger charge is -2.34. The SMILES string of the molecule is Cc1ccc(Cl)cc1NC(=O)C1(C(N)=NO)CCOCC1. The first-order chi connectivity index (χ1) is 9.99. The van der Waals surface area contributed by atoms with Gasteiger partial charge in [0.25, 0.3) is 0 Å². The molecule has 1 aromatic carbocycles. The Kier molecular flexibility index (Phi) is 4.69. The summed E-state index contributed by atoms with van der Waals surface area (Å²) in [7, 11) is 0. The minimum Gasteiger partial charge on any atom is -0.409 e. The maximum absolute atomic E-state index is 12.7. The number of nitrogens with one attached hydrogen (secondary N) is 1. The number of ether oxygens (including phenoxy) is 1. The zero-order chi connectivity index (χ0) is 15.5. The smallest absolute Gasteiger partial charge is 0.238 e.